The summed E-state index contributed by atoms with van der Waals surface area (Å²) in [6.07, 6.45) is -0.676. The van der Waals surface area contributed by atoms with Crippen LogP contribution in [0, 0.1) is 0 Å². The summed E-state index contributed by atoms with van der Waals surface area (Å²) in [6.45, 7) is 1.70. The number of halogens is 1. The zero-order valence-corrected chi connectivity index (χ0v) is 15.8. The molecule has 0 aliphatic heterocycles. The van der Waals surface area contributed by atoms with Gasteiger partial charge in [-0.05, 0) is 43.3 Å². The fourth-order valence-electron chi connectivity index (χ4n) is 2.29. The number of hydrogen-bond donors (Lipinski definition) is 1. The lowest BCUT2D eigenvalue weighted by Crippen LogP contribution is -2.30. The summed E-state index contributed by atoms with van der Waals surface area (Å²) in [5.41, 5.74) is 0.751. The maximum absolute atomic E-state index is 12.5. The quantitative estimate of drug-likeness (QED) is 0.576. The van der Waals surface area contributed by atoms with E-state index in [9.17, 15) is 4.79 Å². The highest BCUT2D eigenvalue weighted by molar-refractivity contribution is 7.99. The molecule has 1 amide bonds. The molecule has 3 nitrogen and oxygen atoms in total. The average Bonchev–Trinajstić information content (AvgIpc) is 2.66. The molecule has 0 saturated heterocycles. The Kier molecular flexibility index (Phi) is 6.21. The summed E-state index contributed by atoms with van der Waals surface area (Å²) in [5.74, 6) is 0.259. The van der Waals surface area contributed by atoms with Crippen LogP contribution in [0.25, 0.3) is 0 Å². The molecule has 3 aromatic rings. The smallest absolute Gasteiger partial charge is 0.265 e. The second-order valence-electron chi connectivity index (χ2n) is 5.59. The summed E-state index contributed by atoms with van der Waals surface area (Å²) in [5, 5.41) is 3.42. The normalized spacial score (nSPS) is 11.6. The van der Waals surface area contributed by atoms with Crippen LogP contribution >= 0.6 is 23.4 Å². The molecule has 0 aromatic heterocycles. The van der Waals surface area contributed by atoms with Crippen molar-refractivity contribution >= 4 is 35.0 Å². The van der Waals surface area contributed by atoms with Crippen LogP contribution in [0.4, 0.5) is 5.69 Å². The highest BCUT2D eigenvalue weighted by Gasteiger charge is 2.17. The highest BCUT2D eigenvalue weighted by atomic mass is 35.5. The van der Waals surface area contributed by atoms with Crippen molar-refractivity contribution in [2.75, 3.05) is 5.32 Å². The van der Waals surface area contributed by atoms with E-state index in [4.69, 9.17) is 16.3 Å². The second-order valence-corrected chi connectivity index (χ2v) is 7.11. The first-order valence-corrected chi connectivity index (χ1v) is 9.37. The molecule has 1 N–H and O–H groups in total. The van der Waals surface area contributed by atoms with Gasteiger partial charge in [0.2, 0.25) is 0 Å². The van der Waals surface area contributed by atoms with Crippen LogP contribution in [-0.2, 0) is 4.79 Å². The third kappa shape index (κ3) is 4.81. The molecule has 0 unspecified atom stereocenters. The molecule has 3 aromatic carbocycles. The van der Waals surface area contributed by atoms with Crippen molar-refractivity contribution in [2.24, 2.45) is 0 Å². The Morgan fingerprint density at radius 2 is 1.62 bits per heavy atom. The number of amides is 1. The van der Waals surface area contributed by atoms with Gasteiger partial charge in [-0.1, -0.05) is 65.8 Å². The summed E-state index contributed by atoms with van der Waals surface area (Å²) < 4.78 is 5.69. The monoisotopic (exact) mass is 383 g/mol. The highest BCUT2D eigenvalue weighted by Crippen LogP contribution is 2.33. The lowest BCUT2D eigenvalue weighted by atomic mass is 10.3. The van der Waals surface area contributed by atoms with Crippen LogP contribution in [0.15, 0.2) is 88.7 Å². The van der Waals surface area contributed by atoms with Gasteiger partial charge in [-0.15, -0.1) is 0 Å². The topological polar surface area (TPSA) is 38.3 Å². The Morgan fingerprint density at radius 1 is 0.962 bits per heavy atom. The van der Waals surface area contributed by atoms with Gasteiger partial charge in [0, 0.05) is 9.79 Å². The van der Waals surface area contributed by atoms with Gasteiger partial charge >= 0.3 is 0 Å². The second kappa shape index (κ2) is 8.79. The van der Waals surface area contributed by atoms with Gasteiger partial charge < -0.3 is 10.1 Å². The van der Waals surface area contributed by atoms with E-state index < -0.39 is 6.10 Å². The predicted molar refractivity (Wildman–Crippen MR) is 107 cm³/mol. The Labute approximate surface area is 162 Å². The molecule has 1 atom stereocenters. The van der Waals surface area contributed by atoms with Crippen LogP contribution < -0.4 is 10.1 Å². The minimum atomic E-state index is -0.676. The first-order chi connectivity index (χ1) is 12.6. The van der Waals surface area contributed by atoms with E-state index in [1.807, 2.05) is 66.7 Å². The van der Waals surface area contributed by atoms with E-state index in [-0.39, 0.29) is 5.91 Å². The Bertz CT molecular complexity index is 886. The third-order valence-corrected chi connectivity index (χ3v) is 5.02. The van der Waals surface area contributed by atoms with Crippen molar-refractivity contribution in [1.29, 1.82) is 0 Å². The molecule has 0 aliphatic carbocycles. The lowest BCUT2D eigenvalue weighted by Gasteiger charge is -2.17. The number of nitrogens with one attached hydrogen (secondary N) is 1. The van der Waals surface area contributed by atoms with Gasteiger partial charge in [0.25, 0.3) is 5.91 Å². The number of rotatable bonds is 6. The minimum Gasteiger partial charge on any atom is -0.479 e. The van der Waals surface area contributed by atoms with E-state index >= 15 is 0 Å². The maximum atomic E-state index is 12.5. The molecule has 0 heterocycles. The van der Waals surface area contributed by atoms with E-state index in [0.29, 0.717) is 10.8 Å². The molecule has 3 rings (SSSR count). The molecule has 0 radical (unpaired) electrons. The number of carbonyl (C=O) groups is 1. The molecular formula is C21H18ClNO2S. The molecule has 0 bridgehead atoms. The summed E-state index contributed by atoms with van der Waals surface area (Å²) in [4.78, 5) is 14.6. The third-order valence-electron chi connectivity index (χ3n) is 3.63. The van der Waals surface area contributed by atoms with Crippen molar-refractivity contribution in [3.63, 3.8) is 0 Å². The molecule has 5 heteroatoms. The van der Waals surface area contributed by atoms with Crippen molar-refractivity contribution in [3.8, 4) is 5.75 Å². The number of anilines is 1. The fraction of sp³-hybridized carbons (Fsp3) is 0.0952. The Balaban J connectivity index is 1.70. The number of para-hydroxylation sites is 2. The SMILES string of the molecule is C[C@H](Oc1ccccc1Cl)C(=O)Nc1ccccc1Sc1ccccc1. The zero-order valence-electron chi connectivity index (χ0n) is 14.2. The largest absolute Gasteiger partial charge is 0.479 e. The molecule has 0 fully saturated rings. The zero-order chi connectivity index (χ0) is 18.4. The fourth-order valence-corrected chi connectivity index (χ4v) is 3.40. The van der Waals surface area contributed by atoms with E-state index in [2.05, 4.69) is 5.32 Å². The van der Waals surface area contributed by atoms with Gasteiger partial charge in [-0.25, -0.2) is 0 Å². The van der Waals surface area contributed by atoms with Gasteiger partial charge in [-0.2, -0.15) is 0 Å². The molecule has 0 saturated carbocycles. The number of hydrogen-bond acceptors (Lipinski definition) is 3. The van der Waals surface area contributed by atoms with Crippen LogP contribution in [0.5, 0.6) is 5.75 Å². The van der Waals surface area contributed by atoms with Gasteiger partial charge in [-0.3, -0.25) is 4.79 Å². The van der Waals surface area contributed by atoms with Gasteiger partial charge in [0.15, 0.2) is 6.10 Å². The average molecular weight is 384 g/mol. The number of carbonyl (C=O) groups excluding carboxylic acids is 1. The van der Waals surface area contributed by atoms with Gasteiger partial charge in [0.05, 0.1) is 10.7 Å². The lowest BCUT2D eigenvalue weighted by molar-refractivity contribution is -0.122. The standard InChI is InChI=1S/C21H18ClNO2S/c1-15(25-19-13-7-5-11-17(19)22)21(24)23-18-12-6-8-14-20(18)26-16-9-3-2-4-10-16/h2-15H,1H3,(H,23,24)/t15-/m0/s1. The van der Waals surface area contributed by atoms with Crippen molar-refractivity contribution in [2.45, 2.75) is 22.8 Å². The summed E-state index contributed by atoms with van der Waals surface area (Å²) in [6, 6.07) is 24.8. The molecule has 0 aliphatic rings. The van der Waals surface area contributed by atoms with E-state index in [1.165, 1.54) is 0 Å². The van der Waals surface area contributed by atoms with E-state index in [0.717, 1.165) is 15.5 Å². The minimum absolute atomic E-state index is 0.231. The maximum Gasteiger partial charge on any atom is 0.265 e. The summed E-state index contributed by atoms with van der Waals surface area (Å²) in [7, 11) is 0. The van der Waals surface area contributed by atoms with Crippen molar-refractivity contribution in [1.82, 2.24) is 0 Å². The summed E-state index contributed by atoms with van der Waals surface area (Å²) >= 11 is 7.69. The van der Waals surface area contributed by atoms with E-state index in [1.54, 1.807) is 30.8 Å². The van der Waals surface area contributed by atoms with Crippen molar-refractivity contribution in [3.05, 3.63) is 83.9 Å². The molecule has 26 heavy (non-hydrogen) atoms. The van der Waals surface area contributed by atoms with Crippen LogP contribution in [0.3, 0.4) is 0 Å². The van der Waals surface area contributed by atoms with Crippen LogP contribution in [0.2, 0.25) is 5.02 Å². The molecule has 132 valence electrons. The van der Waals surface area contributed by atoms with Crippen LogP contribution in [0.1, 0.15) is 6.92 Å². The first kappa shape index (κ1) is 18.4. The Morgan fingerprint density at radius 3 is 2.38 bits per heavy atom. The number of benzene rings is 3. The predicted octanol–water partition coefficient (Wildman–Crippen LogP) is 5.90. The van der Waals surface area contributed by atoms with Gasteiger partial charge in [0.1, 0.15) is 5.75 Å². The molecule has 0 spiro atoms. The first-order valence-electron chi connectivity index (χ1n) is 8.17. The number of ether oxygens (including phenoxy) is 1. The van der Waals surface area contributed by atoms with Crippen LogP contribution in [-0.4, -0.2) is 12.0 Å². The van der Waals surface area contributed by atoms with Crippen molar-refractivity contribution < 1.29 is 9.53 Å². The molecular weight excluding hydrogens is 366 g/mol. The Hall–Kier alpha value is -2.43.